The molecule has 0 radical (unpaired) electrons. The lowest BCUT2D eigenvalue weighted by Gasteiger charge is -2.39. The first kappa shape index (κ1) is 22.5. The van der Waals surface area contributed by atoms with Crippen LogP contribution in [0.2, 0.25) is 0 Å². The third kappa shape index (κ3) is 4.61. The van der Waals surface area contributed by atoms with Crippen molar-refractivity contribution >= 4 is 22.9 Å². The molecule has 2 amide bonds. The zero-order valence-electron chi connectivity index (χ0n) is 19.3. The van der Waals surface area contributed by atoms with Crippen molar-refractivity contribution in [3.8, 4) is 0 Å². The molecule has 0 saturated carbocycles. The van der Waals surface area contributed by atoms with Crippen LogP contribution in [0.15, 0.2) is 6.07 Å². The summed E-state index contributed by atoms with van der Waals surface area (Å²) in [5, 5.41) is 19.5. The number of hydrogen-bond donors (Lipinski definition) is 2. The van der Waals surface area contributed by atoms with Crippen LogP contribution < -0.4 is 5.32 Å². The number of likely N-dealkylation sites (tertiary alicyclic amines) is 1. The Morgan fingerprint density at radius 1 is 1.27 bits per heavy atom. The molecule has 1 aliphatic rings. The number of fused-ring (bicyclic) bond motifs is 1. The largest absolute Gasteiger partial charge is 0.390 e. The molecule has 0 spiro atoms. The van der Waals surface area contributed by atoms with Crippen LogP contribution >= 0.6 is 0 Å². The fraction of sp³-hybridized carbons (Fsp3) is 0.696. The van der Waals surface area contributed by atoms with Crippen molar-refractivity contribution in [2.45, 2.75) is 78.2 Å². The predicted octanol–water partition coefficient (Wildman–Crippen LogP) is 4.59. The number of amides is 2. The summed E-state index contributed by atoms with van der Waals surface area (Å²) in [6.45, 7) is 11.7. The average molecular weight is 416 g/mol. The van der Waals surface area contributed by atoms with Gasteiger partial charge in [0.15, 0.2) is 5.65 Å². The van der Waals surface area contributed by atoms with E-state index in [2.05, 4.69) is 43.1 Å². The highest BCUT2D eigenvalue weighted by Gasteiger charge is 2.35. The highest BCUT2D eigenvalue weighted by atomic mass is 16.3. The maximum Gasteiger partial charge on any atom is 0.323 e. The summed E-state index contributed by atoms with van der Waals surface area (Å²) >= 11 is 0. The van der Waals surface area contributed by atoms with Gasteiger partial charge in [0.25, 0.3) is 0 Å². The van der Waals surface area contributed by atoms with Gasteiger partial charge in [-0.25, -0.2) is 9.78 Å². The van der Waals surface area contributed by atoms with Gasteiger partial charge >= 0.3 is 6.03 Å². The third-order valence-corrected chi connectivity index (χ3v) is 6.66. The summed E-state index contributed by atoms with van der Waals surface area (Å²) in [6, 6.07) is 1.81. The highest BCUT2D eigenvalue weighted by Crippen LogP contribution is 2.32. The van der Waals surface area contributed by atoms with E-state index in [1.54, 1.807) is 9.58 Å². The van der Waals surface area contributed by atoms with Crippen LogP contribution in [0.3, 0.4) is 0 Å². The van der Waals surface area contributed by atoms with Gasteiger partial charge in [-0.1, -0.05) is 40.5 Å². The maximum atomic E-state index is 12.9. The van der Waals surface area contributed by atoms with E-state index in [0.29, 0.717) is 43.6 Å². The van der Waals surface area contributed by atoms with Crippen LogP contribution in [0.4, 0.5) is 10.6 Å². The summed E-state index contributed by atoms with van der Waals surface area (Å²) < 4.78 is 1.77. The van der Waals surface area contributed by atoms with Gasteiger partial charge in [0.2, 0.25) is 0 Å². The van der Waals surface area contributed by atoms with E-state index >= 15 is 0 Å². The number of nitrogens with zero attached hydrogens (tertiary/aromatic N) is 4. The molecule has 7 nitrogen and oxygen atoms in total. The molecule has 0 atom stereocenters. The van der Waals surface area contributed by atoms with E-state index in [1.165, 1.54) is 0 Å². The van der Waals surface area contributed by atoms with Crippen molar-refractivity contribution in [1.82, 2.24) is 19.7 Å². The first-order chi connectivity index (χ1) is 14.2. The molecule has 0 aliphatic carbocycles. The Kier molecular flexibility index (Phi) is 6.70. The molecule has 2 aromatic heterocycles. The Hall–Kier alpha value is -2.15. The predicted molar refractivity (Wildman–Crippen MR) is 121 cm³/mol. The number of rotatable bonds is 6. The molecular formula is C23H37N5O2. The number of carbonyl (C=O) groups is 1. The number of urea groups is 1. The second kappa shape index (κ2) is 8.92. The molecule has 30 heavy (non-hydrogen) atoms. The van der Waals surface area contributed by atoms with Crippen LogP contribution in [-0.4, -0.2) is 49.5 Å². The molecule has 0 unspecified atom stereocenters. The first-order valence-electron chi connectivity index (χ1n) is 11.3. The van der Waals surface area contributed by atoms with Crippen molar-refractivity contribution in [1.29, 1.82) is 0 Å². The number of anilines is 1. The van der Waals surface area contributed by atoms with E-state index in [1.807, 2.05) is 20.0 Å². The highest BCUT2D eigenvalue weighted by molar-refractivity contribution is 5.91. The number of carbonyl (C=O) groups excluding carboxylic acids is 1. The zero-order valence-corrected chi connectivity index (χ0v) is 19.3. The number of aryl methyl sites for hydroxylation is 2. The van der Waals surface area contributed by atoms with Crippen molar-refractivity contribution in [3.05, 3.63) is 17.3 Å². The third-order valence-electron chi connectivity index (χ3n) is 6.66. The second-order valence-electron chi connectivity index (χ2n) is 9.19. The lowest BCUT2D eigenvalue weighted by atomic mass is 9.81. The number of piperidine rings is 1. The molecule has 2 aromatic rings. The molecule has 1 fully saturated rings. The summed E-state index contributed by atoms with van der Waals surface area (Å²) in [4.78, 5) is 19.3. The van der Waals surface area contributed by atoms with Gasteiger partial charge in [0.05, 0.1) is 11.3 Å². The second-order valence-corrected chi connectivity index (χ2v) is 9.19. The number of hydrogen-bond acceptors (Lipinski definition) is 4. The molecule has 7 heteroatoms. The minimum atomic E-state index is -0.651. The van der Waals surface area contributed by atoms with E-state index in [4.69, 9.17) is 0 Å². The van der Waals surface area contributed by atoms with E-state index in [9.17, 15) is 9.90 Å². The van der Waals surface area contributed by atoms with E-state index < -0.39 is 5.60 Å². The fourth-order valence-corrected chi connectivity index (χ4v) is 4.63. The Bertz CT molecular complexity index is 893. The Morgan fingerprint density at radius 2 is 1.90 bits per heavy atom. The number of aromatic nitrogens is 3. The summed E-state index contributed by atoms with van der Waals surface area (Å²) in [6.07, 6.45) is 4.25. The van der Waals surface area contributed by atoms with Gasteiger partial charge in [-0.3, -0.25) is 10.00 Å². The van der Waals surface area contributed by atoms with Crippen LogP contribution in [0.1, 0.15) is 77.0 Å². The Labute approximate surface area is 179 Å². The molecule has 1 aliphatic heterocycles. The minimum absolute atomic E-state index is 0.153. The lowest BCUT2D eigenvalue weighted by molar-refractivity contribution is -0.0309. The van der Waals surface area contributed by atoms with Crippen LogP contribution in [0, 0.1) is 12.8 Å². The minimum Gasteiger partial charge on any atom is -0.390 e. The van der Waals surface area contributed by atoms with Crippen LogP contribution in [-0.2, 0) is 7.05 Å². The zero-order chi connectivity index (χ0) is 22.1. The molecular weight excluding hydrogens is 378 g/mol. The SMILES string of the molecule is CCC(CC)CC1(O)CCN(C(=O)Nc2cc(C(C)C)c3c(C)nn(C)c3n2)CC1. The van der Waals surface area contributed by atoms with Crippen molar-refractivity contribution in [2.75, 3.05) is 18.4 Å². The topological polar surface area (TPSA) is 83.3 Å². The van der Waals surface area contributed by atoms with Crippen LogP contribution in [0.5, 0.6) is 0 Å². The van der Waals surface area contributed by atoms with Gasteiger partial charge in [-0.15, -0.1) is 0 Å². The Balaban J connectivity index is 1.71. The van der Waals surface area contributed by atoms with Crippen molar-refractivity contribution < 1.29 is 9.90 Å². The van der Waals surface area contributed by atoms with Gasteiger partial charge < -0.3 is 10.0 Å². The quantitative estimate of drug-likeness (QED) is 0.723. The summed E-state index contributed by atoms with van der Waals surface area (Å²) in [5.74, 6) is 1.39. The van der Waals surface area contributed by atoms with Gasteiger partial charge in [-0.2, -0.15) is 5.10 Å². The molecule has 0 bridgehead atoms. The Morgan fingerprint density at radius 3 is 2.47 bits per heavy atom. The molecule has 0 aromatic carbocycles. The van der Waals surface area contributed by atoms with Crippen molar-refractivity contribution in [3.63, 3.8) is 0 Å². The fourth-order valence-electron chi connectivity index (χ4n) is 4.63. The van der Waals surface area contributed by atoms with Gasteiger partial charge in [0.1, 0.15) is 5.82 Å². The van der Waals surface area contributed by atoms with E-state index in [0.717, 1.165) is 41.6 Å². The molecule has 166 valence electrons. The van der Waals surface area contributed by atoms with Gasteiger partial charge in [-0.05, 0) is 49.7 Å². The number of pyridine rings is 1. The number of nitrogens with one attached hydrogen (secondary N) is 1. The van der Waals surface area contributed by atoms with E-state index in [-0.39, 0.29) is 6.03 Å². The maximum absolute atomic E-state index is 12.9. The number of aliphatic hydroxyl groups is 1. The summed E-state index contributed by atoms with van der Waals surface area (Å²) in [7, 11) is 1.88. The molecule has 3 heterocycles. The average Bonchev–Trinajstić information content (AvgIpc) is 2.99. The monoisotopic (exact) mass is 415 g/mol. The molecule has 1 saturated heterocycles. The smallest absolute Gasteiger partial charge is 0.323 e. The molecule has 3 rings (SSSR count). The standard InChI is InChI=1S/C23H37N5O2/c1-7-17(8-2)14-23(30)9-11-28(12-10-23)22(29)25-19-13-18(15(3)4)20-16(5)26-27(6)21(20)24-19/h13,15,17,30H,7-12,14H2,1-6H3,(H,24,25,29). The first-order valence-corrected chi connectivity index (χ1v) is 11.3. The van der Waals surface area contributed by atoms with Gasteiger partial charge in [0, 0.05) is 25.5 Å². The normalized spacial score (nSPS) is 16.6. The van der Waals surface area contributed by atoms with Crippen molar-refractivity contribution in [2.24, 2.45) is 13.0 Å². The van der Waals surface area contributed by atoms with Crippen LogP contribution in [0.25, 0.3) is 11.0 Å². The lowest BCUT2D eigenvalue weighted by Crippen LogP contribution is -2.48. The summed E-state index contributed by atoms with van der Waals surface area (Å²) in [5.41, 5.74) is 2.22. The molecule has 2 N–H and O–H groups in total.